The molecule has 0 unspecified atom stereocenters. The highest BCUT2D eigenvalue weighted by atomic mass is 35.5. The number of urea groups is 1. The lowest BCUT2D eigenvalue weighted by Crippen LogP contribution is -2.48. The topological polar surface area (TPSA) is 67.9 Å². The summed E-state index contributed by atoms with van der Waals surface area (Å²) < 4.78 is 10.1. The summed E-state index contributed by atoms with van der Waals surface area (Å²) in [5, 5.41) is 3.41. The molecule has 1 heterocycles. The Labute approximate surface area is 138 Å². The minimum absolute atomic E-state index is 0.163. The molecular weight excluding hydrogens is 331 g/mol. The first-order valence-corrected chi connectivity index (χ1v) is 7.43. The van der Waals surface area contributed by atoms with E-state index in [4.69, 9.17) is 27.9 Å². The zero-order chi connectivity index (χ0) is 16.1. The largest absolute Gasteiger partial charge is 0.468 e. The summed E-state index contributed by atoms with van der Waals surface area (Å²) in [6.07, 6.45) is -0.285. The van der Waals surface area contributed by atoms with E-state index in [-0.39, 0.29) is 18.7 Å². The number of nitrogens with one attached hydrogen (secondary N) is 1. The van der Waals surface area contributed by atoms with Gasteiger partial charge in [0.25, 0.3) is 0 Å². The van der Waals surface area contributed by atoms with Gasteiger partial charge in [0.15, 0.2) is 0 Å². The molecule has 2 amide bonds. The number of morpholine rings is 1. The highest BCUT2D eigenvalue weighted by Gasteiger charge is 2.26. The lowest BCUT2D eigenvalue weighted by Gasteiger charge is -2.33. The van der Waals surface area contributed by atoms with E-state index in [1.807, 2.05) is 6.07 Å². The molecule has 1 aliphatic rings. The molecule has 22 heavy (non-hydrogen) atoms. The van der Waals surface area contributed by atoms with Crippen molar-refractivity contribution in [3.63, 3.8) is 0 Å². The fourth-order valence-electron chi connectivity index (χ4n) is 2.08. The van der Waals surface area contributed by atoms with Gasteiger partial charge in [-0.1, -0.05) is 29.3 Å². The van der Waals surface area contributed by atoms with Gasteiger partial charge in [-0.15, -0.1) is 0 Å². The first kappa shape index (κ1) is 16.9. The molecule has 0 spiro atoms. The first-order chi connectivity index (χ1) is 10.5. The average Bonchev–Trinajstić information content (AvgIpc) is 2.54. The Morgan fingerprint density at radius 3 is 2.86 bits per heavy atom. The second-order valence-corrected chi connectivity index (χ2v) is 5.53. The molecule has 0 aromatic heterocycles. The SMILES string of the molecule is COC(=O)CNC(=O)N1CCO[C@@H](c2ccc(Cl)c(Cl)c2)C1. The summed E-state index contributed by atoms with van der Waals surface area (Å²) in [5.74, 6) is -0.498. The van der Waals surface area contributed by atoms with E-state index in [1.165, 1.54) is 7.11 Å². The zero-order valence-electron chi connectivity index (χ0n) is 12.0. The molecule has 0 bridgehead atoms. The van der Waals surface area contributed by atoms with Gasteiger partial charge in [0.2, 0.25) is 0 Å². The Morgan fingerprint density at radius 2 is 2.18 bits per heavy atom. The summed E-state index contributed by atoms with van der Waals surface area (Å²) in [6.45, 7) is 1.05. The summed E-state index contributed by atoms with van der Waals surface area (Å²) in [4.78, 5) is 24.7. The van der Waals surface area contributed by atoms with Gasteiger partial charge >= 0.3 is 12.0 Å². The summed E-state index contributed by atoms with van der Waals surface area (Å²) in [6, 6.07) is 4.90. The molecule has 1 aromatic rings. The van der Waals surface area contributed by atoms with Gasteiger partial charge in [0.1, 0.15) is 12.6 Å². The first-order valence-electron chi connectivity index (χ1n) is 6.67. The van der Waals surface area contributed by atoms with Crippen molar-refractivity contribution in [1.29, 1.82) is 0 Å². The number of benzene rings is 1. The number of rotatable bonds is 3. The van der Waals surface area contributed by atoms with Crippen molar-refractivity contribution in [1.82, 2.24) is 10.2 Å². The third kappa shape index (κ3) is 4.25. The van der Waals surface area contributed by atoms with E-state index < -0.39 is 5.97 Å². The molecule has 0 saturated carbocycles. The number of methoxy groups -OCH3 is 1. The molecule has 8 heteroatoms. The Morgan fingerprint density at radius 1 is 1.41 bits per heavy atom. The third-order valence-corrected chi connectivity index (χ3v) is 4.02. The molecule has 1 N–H and O–H groups in total. The van der Waals surface area contributed by atoms with Crippen LogP contribution in [0.15, 0.2) is 18.2 Å². The van der Waals surface area contributed by atoms with Gasteiger partial charge in [-0.3, -0.25) is 4.79 Å². The van der Waals surface area contributed by atoms with Crippen LogP contribution < -0.4 is 5.32 Å². The van der Waals surface area contributed by atoms with E-state index in [2.05, 4.69) is 10.1 Å². The molecule has 1 aromatic carbocycles. The van der Waals surface area contributed by atoms with Gasteiger partial charge in [0, 0.05) is 6.54 Å². The maximum atomic E-state index is 12.0. The molecule has 0 radical (unpaired) electrons. The normalized spacial score (nSPS) is 18.0. The number of esters is 1. The van der Waals surface area contributed by atoms with Crippen LogP contribution >= 0.6 is 23.2 Å². The highest BCUT2D eigenvalue weighted by Crippen LogP contribution is 2.29. The quantitative estimate of drug-likeness (QED) is 0.852. The molecular formula is C14H16Cl2N2O4. The monoisotopic (exact) mass is 346 g/mol. The van der Waals surface area contributed by atoms with Crippen LogP contribution in [0.1, 0.15) is 11.7 Å². The minimum atomic E-state index is -0.498. The van der Waals surface area contributed by atoms with Crippen LogP contribution in [0.25, 0.3) is 0 Å². The van der Waals surface area contributed by atoms with E-state index in [9.17, 15) is 9.59 Å². The summed E-state index contributed by atoms with van der Waals surface area (Å²) >= 11 is 11.9. The van der Waals surface area contributed by atoms with Crippen molar-refractivity contribution < 1.29 is 19.1 Å². The number of carbonyl (C=O) groups is 2. The van der Waals surface area contributed by atoms with Gasteiger partial charge in [0.05, 0.1) is 30.3 Å². The van der Waals surface area contributed by atoms with E-state index in [0.29, 0.717) is 29.7 Å². The van der Waals surface area contributed by atoms with Crippen molar-refractivity contribution in [2.75, 3.05) is 33.4 Å². The minimum Gasteiger partial charge on any atom is -0.468 e. The second kappa shape index (κ2) is 7.67. The molecule has 1 atom stereocenters. The van der Waals surface area contributed by atoms with Crippen LogP contribution in [-0.2, 0) is 14.3 Å². The third-order valence-electron chi connectivity index (χ3n) is 3.28. The fraction of sp³-hybridized carbons (Fsp3) is 0.429. The number of halogens is 2. The zero-order valence-corrected chi connectivity index (χ0v) is 13.5. The molecule has 120 valence electrons. The van der Waals surface area contributed by atoms with Gasteiger partial charge in [-0.05, 0) is 17.7 Å². The molecule has 2 rings (SSSR count). The van der Waals surface area contributed by atoms with Crippen molar-refractivity contribution >= 4 is 35.2 Å². The van der Waals surface area contributed by atoms with Gasteiger partial charge < -0.3 is 19.7 Å². The van der Waals surface area contributed by atoms with Gasteiger partial charge in [-0.25, -0.2) is 4.79 Å². The number of hydrogen-bond acceptors (Lipinski definition) is 4. The maximum Gasteiger partial charge on any atom is 0.325 e. The Bertz CT molecular complexity index is 568. The Hall–Kier alpha value is -1.50. The van der Waals surface area contributed by atoms with Crippen LogP contribution in [0.5, 0.6) is 0 Å². The van der Waals surface area contributed by atoms with Crippen LogP contribution in [0.4, 0.5) is 4.79 Å². The highest BCUT2D eigenvalue weighted by molar-refractivity contribution is 6.42. The lowest BCUT2D eigenvalue weighted by molar-refractivity contribution is -0.139. The van der Waals surface area contributed by atoms with E-state index in [0.717, 1.165) is 5.56 Å². The number of ether oxygens (including phenoxy) is 2. The average molecular weight is 347 g/mol. The van der Waals surface area contributed by atoms with Crippen LogP contribution in [-0.4, -0.2) is 50.3 Å². The fourth-order valence-corrected chi connectivity index (χ4v) is 2.39. The maximum absolute atomic E-state index is 12.0. The van der Waals surface area contributed by atoms with Crippen molar-refractivity contribution in [3.8, 4) is 0 Å². The van der Waals surface area contributed by atoms with Crippen LogP contribution in [0.2, 0.25) is 10.0 Å². The standard InChI is InChI=1S/C14H16Cl2N2O4/c1-21-13(19)7-17-14(20)18-4-5-22-12(8-18)9-2-3-10(15)11(16)6-9/h2-3,6,12H,4-5,7-8H2,1H3,(H,17,20)/t12-/m1/s1. The number of hydrogen-bond donors (Lipinski definition) is 1. The predicted molar refractivity (Wildman–Crippen MR) is 82.1 cm³/mol. The van der Waals surface area contributed by atoms with Crippen LogP contribution in [0.3, 0.4) is 0 Å². The molecule has 0 aliphatic carbocycles. The number of nitrogens with zero attached hydrogens (tertiary/aromatic N) is 1. The Balaban J connectivity index is 1.97. The lowest BCUT2D eigenvalue weighted by atomic mass is 10.1. The van der Waals surface area contributed by atoms with Crippen molar-refractivity contribution in [2.45, 2.75) is 6.10 Å². The summed E-state index contributed by atoms with van der Waals surface area (Å²) in [7, 11) is 1.27. The van der Waals surface area contributed by atoms with E-state index in [1.54, 1.807) is 17.0 Å². The number of amides is 2. The molecule has 1 aliphatic heterocycles. The number of carbonyl (C=O) groups excluding carboxylic acids is 2. The molecule has 6 nitrogen and oxygen atoms in total. The van der Waals surface area contributed by atoms with Crippen molar-refractivity contribution in [2.24, 2.45) is 0 Å². The summed E-state index contributed by atoms with van der Waals surface area (Å²) in [5.41, 5.74) is 0.847. The van der Waals surface area contributed by atoms with Crippen LogP contribution in [0, 0.1) is 0 Å². The molecule has 1 saturated heterocycles. The smallest absolute Gasteiger partial charge is 0.325 e. The second-order valence-electron chi connectivity index (χ2n) is 4.71. The molecule has 1 fully saturated rings. The van der Waals surface area contributed by atoms with Gasteiger partial charge in [-0.2, -0.15) is 0 Å². The van der Waals surface area contributed by atoms with Crippen molar-refractivity contribution in [3.05, 3.63) is 33.8 Å². The Kier molecular flexibility index (Phi) is 5.88. The van der Waals surface area contributed by atoms with E-state index >= 15 is 0 Å². The predicted octanol–water partition coefficient (Wildman–Crippen LogP) is 2.25.